The van der Waals surface area contributed by atoms with Crippen LogP contribution in [0.2, 0.25) is 0 Å². The van der Waals surface area contributed by atoms with Crippen LogP contribution in [-0.2, 0) is 11.2 Å². The molecular formula is C18H23FN2O2. The molecule has 0 radical (unpaired) electrons. The summed E-state index contributed by atoms with van der Waals surface area (Å²) in [6.07, 6.45) is 2.07. The van der Waals surface area contributed by atoms with Gasteiger partial charge in [-0.2, -0.15) is 0 Å². The van der Waals surface area contributed by atoms with Crippen molar-refractivity contribution in [3.63, 3.8) is 0 Å². The number of oxazole rings is 1. The van der Waals surface area contributed by atoms with E-state index in [0.717, 1.165) is 25.9 Å². The largest absolute Gasteiger partial charge is 0.441 e. The van der Waals surface area contributed by atoms with Crippen molar-refractivity contribution in [3.05, 3.63) is 41.5 Å². The number of aryl methyl sites for hydroxylation is 1. The molecule has 2 rings (SSSR count). The van der Waals surface area contributed by atoms with Crippen LogP contribution >= 0.6 is 0 Å². The molecule has 0 saturated carbocycles. The Labute approximate surface area is 136 Å². The number of benzene rings is 1. The van der Waals surface area contributed by atoms with E-state index in [1.54, 1.807) is 19.1 Å². The maximum atomic E-state index is 13.3. The lowest BCUT2D eigenvalue weighted by Gasteiger charge is -2.20. The molecule has 1 aromatic heterocycles. The van der Waals surface area contributed by atoms with Crippen molar-refractivity contribution >= 4 is 5.91 Å². The number of aromatic nitrogens is 1. The Kier molecular flexibility index (Phi) is 5.90. The Balaban J connectivity index is 2.16. The number of rotatable bonds is 7. The summed E-state index contributed by atoms with van der Waals surface area (Å²) in [5.74, 6) is 0.664. The van der Waals surface area contributed by atoms with Crippen LogP contribution in [0.5, 0.6) is 0 Å². The van der Waals surface area contributed by atoms with Gasteiger partial charge < -0.3 is 9.32 Å². The molecule has 5 heteroatoms. The fraction of sp³-hybridized carbons (Fsp3) is 0.444. The quantitative estimate of drug-likeness (QED) is 0.775. The van der Waals surface area contributed by atoms with Crippen LogP contribution in [0.1, 0.15) is 38.1 Å². The van der Waals surface area contributed by atoms with Crippen LogP contribution in [0.25, 0.3) is 11.5 Å². The van der Waals surface area contributed by atoms with E-state index in [2.05, 4.69) is 18.8 Å². The predicted octanol–water partition coefficient (Wildman–Crippen LogP) is 3.98. The number of hydrogen-bond donors (Lipinski definition) is 0. The summed E-state index contributed by atoms with van der Waals surface area (Å²) in [5, 5.41) is 0. The Morgan fingerprint density at radius 3 is 2.57 bits per heavy atom. The van der Waals surface area contributed by atoms with Gasteiger partial charge in [-0.25, -0.2) is 9.37 Å². The molecule has 0 spiro atoms. The van der Waals surface area contributed by atoms with Crippen LogP contribution in [-0.4, -0.2) is 28.9 Å². The molecule has 0 aliphatic carbocycles. The highest BCUT2D eigenvalue weighted by atomic mass is 19.1. The Morgan fingerprint density at radius 2 is 1.96 bits per heavy atom. The fourth-order valence-corrected chi connectivity index (χ4v) is 2.49. The van der Waals surface area contributed by atoms with Gasteiger partial charge in [0.2, 0.25) is 11.8 Å². The number of amides is 1. The third-order valence-corrected chi connectivity index (χ3v) is 3.62. The number of halogens is 1. The molecule has 4 nitrogen and oxygen atoms in total. The SMILES string of the molecule is CCCN(CCC)C(=O)Cc1nc(-c2cccc(F)c2)oc1C. The minimum atomic E-state index is -0.340. The average Bonchev–Trinajstić information content (AvgIpc) is 2.88. The third kappa shape index (κ3) is 4.41. The second-order valence-electron chi connectivity index (χ2n) is 5.59. The van der Waals surface area contributed by atoms with E-state index >= 15 is 0 Å². The molecule has 0 bridgehead atoms. The first-order valence-electron chi connectivity index (χ1n) is 8.05. The average molecular weight is 318 g/mol. The highest BCUT2D eigenvalue weighted by Crippen LogP contribution is 2.23. The van der Waals surface area contributed by atoms with Crippen LogP contribution < -0.4 is 0 Å². The predicted molar refractivity (Wildman–Crippen MR) is 87.5 cm³/mol. The van der Waals surface area contributed by atoms with Crippen LogP contribution in [0.3, 0.4) is 0 Å². The maximum absolute atomic E-state index is 13.3. The van der Waals surface area contributed by atoms with Crippen LogP contribution in [0, 0.1) is 12.7 Å². The number of hydrogen-bond acceptors (Lipinski definition) is 3. The second kappa shape index (κ2) is 7.90. The first-order chi connectivity index (χ1) is 11.0. The molecule has 1 amide bonds. The fourth-order valence-electron chi connectivity index (χ4n) is 2.49. The molecule has 0 aliphatic heterocycles. The maximum Gasteiger partial charge on any atom is 0.228 e. The molecule has 0 saturated heterocycles. The van der Waals surface area contributed by atoms with Crippen molar-refractivity contribution in [1.29, 1.82) is 0 Å². The normalized spacial score (nSPS) is 10.8. The first-order valence-corrected chi connectivity index (χ1v) is 8.05. The molecule has 23 heavy (non-hydrogen) atoms. The Morgan fingerprint density at radius 1 is 1.26 bits per heavy atom. The summed E-state index contributed by atoms with van der Waals surface area (Å²) >= 11 is 0. The van der Waals surface area contributed by atoms with Gasteiger partial charge in [0.25, 0.3) is 0 Å². The van der Waals surface area contributed by atoms with Gasteiger partial charge in [-0.05, 0) is 38.0 Å². The monoisotopic (exact) mass is 318 g/mol. The summed E-state index contributed by atoms with van der Waals surface area (Å²) in [4.78, 5) is 18.7. The zero-order valence-corrected chi connectivity index (χ0v) is 13.9. The lowest BCUT2D eigenvalue weighted by molar-refractivity contribution is -0.130. The minimum absolute atomic E-state index is 0.0518. The van der Waals surface area contributed by atoms with Gasteiger partial charge in [0.15, 0.2) is 0 Å². The molecule has 0 aliphatic rings. The van der Waals surface area contributed by atoms with Gasteiger partial charge in [-0.3, -0.25) is 4.79 Å². The van der Waals surface area contributed by atoms with Crippen molar-refractivity contribution in [3.8, 4) is 11.5 Å². The second-order valence-corrected chi connectivity index (χ2v) is 5.59. The van der Waals surface area contributed by atoms with Gasteiger partial charge in [-0.1, -0.05) is 19.9 Å². The van der Waals surface area contributed by atoms with E-state index in [1.165, 1.54) is 12.1 Å². The van der Waals surface area contributed by atoms with E-state index in [4.69, 9.17) is 4.42 Å². The van der Waals surface area contributed by atoms with Crippen molar-refractivity contribution in [2.24, 2.45) is 0 Å². The summed E-state index contributed by atoms with van der Waals surface area (Å²) in [5.41, 5.74) is 1.19. The van der Waals surface area contributed by atoms with E-state index in [-0.39, 0.29) is 18.1 Å². The molecule has 0 N–H and O–H groups in total. The highest BCUT2D eigenvalue weighted by molar-refractivity contribution is 5.78. The summed E-state index contributed by atoms with van der Waals surface area (Å²) in [7, 11) is 0. The smallest absolute Gasteiger partial charge is 0.228 e. The van der Waals surface area contributed by atoms with Crippen LogP contribution in [0.4, 0.5) is 4.39 Å². The van der Waals surface area contributed by atoms with Gasteiger partial charge >= 0.3 is 0 Å². The molecule has 124 valence electrons. The van der Waals surface area contributed by atoms with E-state index in [0.29, 0.717) is 22.9 Å². The third-order valence-electron chi connectivity index (χ3n) is 3.62. The minimum Gasteiger partial charge on any atom is -0.441 e. The van der Waals surface area contributed by atoms with Crippen molar-refractivity contribution in [2.45, 2.75) is 40.0 Å². The molecule has 1 aromatic carbocycles. The highest BCUT2D eigenvalue weighted by Gasteiger charge is 2.18. The summed E-state index contributed by atoms with van der Waals surface area (Å²) in [6, 6.07) is 6.09. The zero-order valence-electron chi connectivity index (χ0n) is 13.9. The molecular weight excluding hydrogens is 295 g/mol. The number of carbonyl (C=O) groups excluding carboxylic acids is 1. The number of nitrogens with zero attached hydrogens (tertiary/aromatic N) is 2. The van der Waals surface area contributed by atoms with Crippen molar-refractivity contribution in [2.75, 3.05) is 13.1 Å². The lowest BCUT2D eigenvalue weighted by atomic mass is 10.2. The lowest BCUT2D eigenvalue weighted by Crippen LogP contribution is -2.33. The first kappa shape index (κ1) is 17.2. The van der Waals surface area contributed by atoms with Gasteiger partial charge in [0.1, 0.15) is 11.6 Å². The standard InChI is InChI=1S/C18H23FN2O2/c1-4-9-21(10-5-2)17(22)12-16-13(3)23-18(20-16)14-7-6-8-15(19)11-14/h6-8,11H,4-5,9-10,12H2,1-3H3. The van der Waals surface area contributed by atoms with Crippen molar-refractivity contribution < 1.29 is 13.6 Å². The molecule has 0 atom stereocenters. The van der Waals surface area contributed by atoms with E-state index in [1.807, 2.05) is 4.90 Å². The van der Waals surface area contributed by atoms with Gasteiger partial charge in [0.05, 0.1) is 12.1 Å². The molecule has 2 aromatic rings. The summed E-state index contributed by atoms with van der Waals surface area (Å²) < 4.78 is 18.9. The Hall–Kier alpha value is -2.17. The molecule has 0 fully saturated rings. The summed E-state index contributed by atoms with van der Waals surface area (Å²) in [6.45, 7) is 7.39. The molecule has 1 heterocycles. The van der Waals surface area contributed by atoms with Gasteiger partial charge in [-0.15, -0.1) is 0 Å². The molecule has 0 unspecified atom stereocenters. The Bertz CT molecular complexity index is 661. The number of carbonyl (C=O) groups is 1. The topological polar surface area (TPSA) is 46.3 Å². The zero-order chi connectivity index (χ0) is 16.8. The van der Waals surface area contributed by atoms with E-state index in [9.17, 15) is 9.18 Å². The van der Waals surface area contributed by atoms with E-state index < -0.39 is 0 Å². The van der Waals surface area contributed by atoms with Gasteiger partial charge in [0, 0.05) is 18.7 Å². The van der Waals surface area contributed by atoms with Crippen LogP contribution in [0.15, 0.2) is 28.7 Å². The van der Waals surface area contributed by atoms with Crippen molar-refractivity contribution in [1.82, 2.24) is 9.88 Å².